The fourth-order valence-corrected chi connectivity index (χ4v) is 1.66. The van der Waals surface area contributed by atoms with Gasteiger partial charge < -0.3 is 5.32 Å². The van der Waals surface area contributed by atoms with Crippen molar-refractivity contribution < 1.29 is 0 Å². The number of nitrogens with one attached hydrogen (secondary N) is 1. The van der Waals surface area contributed by atoms with E-state index in [1.807, 2.05) is 36.0 Å². The molecule has 1 unspecified atom stereocenters. The van der Waals surface area contributed by atoms with Crippen molar-refractivity contribution in [2.45, 2.75) is 13.0 Å². The molecule has 1 atom stereocenters. The Hall–Kier alpha value is -0.980. The van der Waals surface area contributed by atoms with Gasteiger partial charge in [-0.05, 0) is 30.9 Å². The summed E-state index contributed by atoms with van der Waals surface area (Å²) in [4.78, 5) is 0. The van der Waals surface area contributed by atoms with Crippen molar-refractivity contribution in [1.29, 1.82) is 5.26 Å². The highest BCUT2D eigenvalue weighted by atomic mass is 32.2. The molecule has 0 aliphatic heterocycles. The average molecular weight is 220 g/mol. The summed E-state index contributed by atoms with van der Waals surface area (Å²) < 4.78 is 0. The van der Waals surface area contributed by atoms with Crippen molar-refractivity contribution >= 4 is 11.8 Å². The Morgan fingerprint density at radius 2 is 2.07 bits per heavy atom. The molecule has 0 spiro atoms. The second kappa shape index (κ2) is 6.49. The molecule has 0 radical (unpaired) electrons. The minimum Gasteiger partial charge on any atom is -0.309 e. The molecule has 0 bridgehead atoms. The van der Waals surface area contributed by atoms with E-state index < -0.39 is 0 Å². The molecule has 1 N–H and O–H groups in total. The Labute approximate surface area is 95.7 Å². The van der Waals surface area contributed by atoms with Crippen LogP contribution >= 0.6 is 11.8 Å². The van der Waals surface area contributed by atoms with Crippen LogP contribution in [0.1, 0.15) is 24.1 Å². The van der Waals surface area contributed by atoms with Gasteiger partial charge in [-0.1, -0.05) is 12.1 Å². The molecular weight excluding hydrogens is 204 g/mol. The molecule has 0 aliphatic carbocycles. The first-order valence-corrected chi connectivity index (χ1v) is 6.39. The maximum Gasteiger partial charge on any atom is 0.0991 e. The smallest absolute Gasteiger partial charge is 0.0991 e. The molecule has 0 heterocycles. The highest BCUT2D eigenvalue weighted by molar-refractivity contribution is 7.98. The maximum absolute atomic E-state index is 8.67. The number of nitriles is 1. The topological polar surface area (TPSA) is 35.8 Å². The Kier molecular flexibility index (Phi) is 5.23. The average Bonchev–Trinajstić information content (AvgIpc) is 2.29. The molecule has 0 amide bonds. The van der Waals surface area contributed by atoms with Crippen molar-refractivity contribution in [3.63, 3.8) is 0 Å². The largest absolute Gasteiger partial charge is 0.309 e. The molecule has 0 saturated carbocycles. The number of benzene rings is 1. The lowest BCUT2D eigenvalue weighted by Crippen LogP contribution is -2.21. The van der Waals surface area contributed by atoms with Crippen LogP contribution in [0.5, 0.6) is 0 Å². The Balaban J connectivity index is 2.51. The van der Waals surface area contributed by atoms with Crippen LogP contribution in [0.2, 0.25) is 0 Å². The minimum atomic E-state index is 0.352. The summed E-state index contributed by atoms with van der Waals surface area (Å²) in [5.74, 6) is 1.13. The first-order valence-electron chi connectivity index (χ1n) is 5.00. The molecule has 3 heteroatoms. The summed E-state index contributed by atoms with van der Waals surface area (Å²) in [6.45, 7) is 3.16. The first-order chi connectivity index (χ1) is 7.27. The first kappa shape index (κ1) is 12.1. The lowest BCUT2D eigenvalue weighted by molar-refractivity contribution is 0.601. The molecule has 2 nitrogen and oxygen atoms in total. The van der Waals surface area contributed by atoms with E-state index in [0.29, 0.717) is 6.04 Å². The molecule has 0 aliphatic rings. The van der Waals surface area contributed by atoms with Crippen LogP contribution in [0.3, 0.4) is 0 Å². The second-order valence-corrected chi connectivity index (χ2v) is 4.39. The lowest BCUT2D eigenvalue weighted by Gasteiger charge is -2.13. The normalized spacial score (nSPS) is 12.1. The van der Waals surface area contributed by atoms with Gasteiger partial charge in [0.15, 0.2) is 0 Å². The van der Waals surface area contributed by atoms with Gasteiger partial charge in [0.05, 0.1) is 11.6 Å². The van der Waals surface area contributed by atoms with Gasteiger partial charge in [0.25, 0.3) is 0 Å². The summed E-state index contributed by atoms with van der Waals surface area (Å²) in [5.41, 5.74) is 1.95. The number of rotatable bonds is 5. The highest BCUT2D eigenvalue weighted by Gasteiger charge is 2.03. The molecule has 0 saturated heterocycles. The number of nitrogens with zero attached hydrogens (tertiary/aromatic N) is 1. The van der Waals surface area contributed by atoms with Crippen molar-refractivity contribution in [3.05, 3.63) is 35.4 Å². The van der Waals surface area contributed by atoms with Crippen LogP contribution in [-0.4, -0.2) is 18.6 Å². The standard InChI is InChI=1S/C12H16N2S/c1-10(14-7-8-15-2)12-5-3-11(9-13)4-6-12/h3-6,10,14H,7-8H2,1-2H3. The van der Waals surface area contributed by atoms with Gasteiger partial charge in [0.2, 0.25) is 0 Å². The molecule has 0 fully saturated rings. The third kappa shape index (κ3) is 3.94. The van der Waals surface area contributed by atoms with E-state index in [1.165, 1.54) is 5.56 Å². The van der Waals surface area contributed by atoms with Crippen LogP contribution in [0, 0.1) is 11.3 Å². The van der Waals surface area contributed by atoms with Crippen molar-refractivity contribution in [1.82, 2.24) is 5.32 Å². The van der Waals surface area contributed by atoms with E-state index in [-0.39, 0.29) is 0 Å². The fourth-order valence-electron chi connectivity index (χ4n) is 1.34. The van der Waals surface area contributed by atoms with E-state index in [4.69, 9.17) is 5.26 Å². The third-order valence-electron chi connectivity index (χ3n) is 2.30. The Morgan fingerprint density at radius 1 is 1.40 bits per heavy atom. The van der Waals surface area contributed by atoms with Crippen LogP contribution in [0.25, 0.3) is 0 Å². The van der Waals surface area contributed by atoms with Crippen LogP contribution in [-0.2, 0) is 0 Å². The zero-order valence-corrected chi connectivity index (χ0v) is 9.97. The zero-order chi connectivity index (χ0) is 11.1. The highest BCUT2D eigenvalue weighted by Crippen LogP contribution is 2.12. The quantitative estimate of drug-likeness (QED) is 0.775. The SMILES string of the molecule is CSCCNC(C)c1ccc(C#N)cc1. The van der Waals surface area contributed by atoms with E-state index in [9.17, 15) is 0 Å². The predicted octanol–water partition coefficient (Wildman–Crippen LogP) is 2.57. The molecule has 15 heavy (non-hydrogen) atoms. The van der Waals surface area contributed by atoms with Gasteiger partial charge in [0, 0.05) is 18.3 Å². The van der Waals surface area contributed by atoms with Crippen molar-refractivity contribution in [2.24, 2.45) is 0 Å². The van der Waals surface area contributed by atoms with Crippen LogP contribution in [0.15, 0.2) is 24.3 Å². The lowest BCUT2D eigenvalue weighted by atomic mass is 10.1. The van der Waals surface area contributed by atoms with Crippen LogP contribution in [0.4, 0.5) is 0 Å². The molecule has 1 aromatic carbocycles. The predicted molar refractivity (Wildman–Crippen MR) is 66.0 cm³/mol. The summed E-state index contributed by atoms with van der Waals surface area (Å²) >= 11 is 1.84. The van der Waals surface area contributed by atoms with Gasteiger partial charge in [-0.2, -0.15) is 17.0 Å². The maximum atomic E-state index is 8.67. The molecule has 1 rings (SSSR count). The summed E-state index contributed by atoms with van der Waals surface area (Å²) in [6.07, 6.45) is 2.11. The number of thioether (sulfide) groups is 1. The fraction of sp³-hybridized carbons (Fsp3) is 0.417. The summed E-state index contributed by atoms with van der Waals surface area (Å²) in [6, 6.07) is 10.2. The summed E-state index contributed by atoms with van der Waals surface area (Å²) in [7, 11) is 0. The monoisotopic (exact) mass is 220 g/mol. The molecule has 1 aromatic rings. The number of hydrogen-bond donors (Lipinski definition) is 1. The zero-order valence-electron chi connectivity index (χ0n) is 9.16. The van der Waals surface area contributed by atoms with E-state index in [1.54, 1.807) is 0 Å². The second-order valence-electron chi connectivity index (χ2n) is 3.40. The van der Waals surface area contributed by atoms with Crippen molar-refractivity contribution in [2.75, 3.05) is 18.6 Å². The number of hydrogen-bond acceptors (Lipinski definition) is 3. The Bertz CT molecular complexity index is 326. The van der Waals surface area contributed by atoms with E-state index in [2.05, 4.69) is 24.6 Å². The van der Waals surface area contributed by atoms with Gasteiger partial charge in [-0.3, -0.25) is 0 Å². The van der Waals surface area contributed by atoms with E-state index >= 15 is 0 Å². The molecule has 80 valence electrons. The van der Waals surface area contributed by atoms with Gasteiger partial charge in [-0.25, -0.2) is 0 Å². The van der Waals surface area contributed by atoms with Crippen LogP contribution < -0.4 is 5.32 Å². The van der Waals surface area contributed by atoms with E-state index in [0.717, 1.165) is 17.9 Å². The third-order valence-corrected chi connectivity index (χ3v) is 2.91. The van der Waals surface area contributed by atoms with Crippen molar-refractivity contribution in [3.8, 4) is 6.07 Å². The minimum absolute atomic E-state index is 0.352. The van der Waals surface area contributed by atoms with Gasteiger partial charge in [-0.15, -0.1) is 0 Å². The Morgan fingerprint density at radius 3 is 2.60 bits per heavy atom. The molecular formula is C12H16N2S. The molecule has 0 aromatic heterocycles. The summed E-state index contributed by atoms with van der Waals surface area (Å²) in [5, 5.41) is 12.1. The van der Waals surface area contributed by atoms with Gasteiger partial charge in [0.1, 0.15) is 0 Å². The van der Waals surface area contributed by atoms with Gasteiger partial charge >= 0.3 is 0 Å².